The van der Waals surface area contributed by atoms with Gasteiger partial charge >= 0.3 is 0 Å². The lowest BCUT2D eigenvalue weighted by molar-refractivity contribution is 1.29. The Labute approximate surface area is 199 Å². The maximum Gasteiger partial charge on any atom is 0.0468 e. The Hall–Kier alpha value is -4.56. The minimum atomic E-state index is 0.777. The second-order valence-corrected chi connectivity index (χ2v) is 8.57. The fourth-order valence-corrected chi connectivity index (χ4v) is 4.56. The number of nitrogens with zero attached hydrogens (tertiary/aromatic N) is 1. The van der Waals surface area contributed by atoms with Crippen LogP contribution >= 0.6 is 0 Å². The lowest BCUT2D eigenvalue weighted by atomic mass is 10.0. The van der Waals surface area contributed by atoms with E-state index in [1.165, 1.54) is 27.1 Å². The molecule has 0 spiro atoms. The van der Waals surface area contributed by atoms with Crippen LogP contribution in [0.1, 0.15) is 0 Å². The van der Waals surface area contributed by atoms with Crippen LogP contribution in [0.3, 0.4) is 0 Å². The van der Waals surface area contributed by atoms with Crippen LogP contribution < -0.4 is 10.6 Å². The maximum atomic E-state index is 5.87. The molecule has 0 bridgehead atoms. The van der Waals surface area contributed by atoms with Crippen LogP contribution in [0.4, 0.5) is 22.7 Å². The van der Waals surface area contributed by atoms with Gasteiger partial charge in [-0.3, -0.25) is 0 Å². The van der Waals surface area contributed by atoms with E-state index in [-0.39, 0.29) is 0 Å². The summed E-state index contributed by atoms with van der Waals surface area (Å²) < 4.78 is 0. The minimum Gasteiger partial charge on any atom is -0.399 e. The molecule has 0 aliphatic rings. The molecule has 34 heavy (non-hydrogen) atoms. The number of nitrogens with two attached hydrogens (primary N) is 1. The predicted molar refractivity (Wildman–Crippen MR) is 146 cm³/mol. The molecule has 2 N–H and O–H groups in total. The molecule has 6 aromatic rings. The summed E-state index contributed by atoms with van der Waals surface area (Å²) in [5.74, 6) is 0. The first-order valence-electron chi connectivity index (χ1n) is 11.5. The first-order chi connectivity index (χ1) is 16.7. The molecule has 0 heterocycles. The molecule has 0 radical (unpaired) electrons. The van der Waals surface area contributed by atoms with Crippen molar-refractivity contribution < 1.29 is 0 Å². The molecule has 0 aromatic heterocycles. The molecule has 0 aliphatic heterocycles. The van der Waals surface area contributed by atoms with Crippen molar-refractivity contribution in [2.45, 2.75) is 0 Å². The van der Waals surface area contributed by atoms with E-state index < -0.39 is 0 Å². The van der Waals surface area contributed by atoms with Gasteiger partial charge in [-0.25, -0.2) is 0 Å². The molecular formula is C32H24N2. The van der Waals surface area contributed by atoms with E-state index in [1.807, 2.05) is 12.1 Å². The average Bonchev–Trinajstić information content (AvgIpc) is 2.90. The Bertz CT molecular complexity index is 1520. The highest BCUT2D eigenvalue weighted by Crippen LogP contribution is 2.38. The van der Waals surface area contributed by atoms with Gasteiger partial charge in [0.2, 0.25) is 0 Å². The topological polar surface area (TPSA) is 29.3 Å². The van der Waals surface area contributed by atoms with Crippen molar-refractivity contribution in [3.63, 3.8) is 0 Å². The van der Waals surface area contributed by atoms with Gasteiger partial charge in [0.15, 0.2) is 0 Å². The Morgan fingerprint density at radius 1 is 0.382 bits per heavy atom. The van der Waals surface area contributed by atoms with E-state index >= 15 is 0 Å². The molecule has 162 valence electrons. The molecule has 0 aliphatic carbocycles. The standard InChI is InChI=1S/C32H24N2/c33-29-15-9-25(10-16-29)26-11-17-30(18-12-26)34(31-19-13-23-5-1-3-7-27(23)21-31)32-20-14-24-6-2-4-8-28(24)22-32/h1-22H,33H2. The van der Waals surface area contributed by atoms with Crippen LogP contribution in [0.2, 0.25) is 0 Å². The number of hydrogen-bond acceptors (Lipinski definition) is 2. The van der Waals surface area contributed by atoms with E-state index in [0.29, 0.717) is 0 Å². The Morgan fingerprint density at radius 3 is 1.29 bits per heavy atom. The summed E-state index contributed by atoms with van der Waals surface area (Å²) in [6.45, 7) is 0. The molecule has 0 fully saturated rings. The summed E-state index contributed by atoms with van der Waals surface area (Å²) in [5.41, 5.74) is 12.4. The Kier molecular flexibility index (Phi) is 4.97. The Morgan fingerprint density at radius 2 is 0.794 bits per heavy atom. The third kappa shape index (κ3) is 3.76. The Balaban J connectivity index is 1.48. The number of fused-ring (bicyclic) bond motifs is 2. The quantitative estimate of drug-likeness (QED) is 0.280. The van der Waals surface area contributed by atoms with Gasteiger partial charge in [-0.15, -0.1) is 0 Å². The molecule has 0 unspecified atom stereocenters. The molecule has 6 aromatic carbocycles. The molecule has 6 rings (SSSR count). The number of hydrogen-bond donors (Lipinski definition) is 1. The predicted octanol–water partition coefficient (Wildman–Crippen LogP) is 8.71. The number of nitrogen functional groups attached to an aromatic ring is 1. The highest BCUT2D eigenvalue weighted by molar-refractivity contribution is 5.92. The molecule has 0 amide bonds. The van der Waals surface area contributed by atoms with Gasteiger partial charge in [0.25, 0.3) is 0 Å². The van der Waals surface area contributed by atoms with Gasteiger partial charge in [0.05, 0.1) is 0 Å². The highest BCUT2D eigenvalue weighted by atomic mass is 15.1. The van der Waals surface area contributed by atoms with Crippen molar-refractivity contribution in [2.75, 3.05) is 10.6 Å². The summed E-state index contributed by atoms with van der Waals surface area (Å²) >= 11 is 0. The van der Waals surface area contributed by atoms with Crippen molar-refractivity contribution in [1.82, 2.24) is 0 Å². The van der Waals surface area contributed by atoms with E-state index in [0.717, 1.165) is 28.3 Å². The second kappa shape index (κ2) is 8.42. The smallest absolute Gasteiger partial charge is 0.0468 e. The maximum absolute atomic E-state index is 5.87. The summed E-state index contributed by atoms with van der Waals surface area (Å²) in [4.78, 5) is 2.33. The van der Waals surface area contributed by atoms with Gasteiger partial charge in [0.1, 0.15) is 0 Å². The molecule has 2 heteroatoms. The van der Waals surface area contributed by atoms with Crippen LogP contribution in [0, 0.1) is 0 Å². The fraction of sp³-hybridized carbons (Fsp3) is 0. The summed E-state index contributed by atoms with van der Waals surface area (Å²) in [7, 11) is 0. The zero-order valence-corrected chi connectivity index (χ0v) is 18.7. The van der Waals surface area contributed by atoms with Crippen molar-refractivity contribution in [2.24, 2.45) is 0 Å². The van der Waals surface area contributed by atoms with Gasteiger partial charge in [-0.1, -0.05) is 84.9 Å². The second-order valence-electron chi connectivity index (χ2n) is 8.57. The third-order valence-electron chi connectivity index (χ3n) is 6.35. The van der Waals surface area contributed by atoms with Crippen molar-refractivity contribution in [1.29, 1.82) is 0 Å². The normalized spacial score (nSPS) is 11.1. The molecule has 2 nitrogen and oxygen atoms in total. The third-order valence-corrected chi connectivity index (χ3v) is 6.35. The SMILES string of the molecule is Nc1ccc(-c2ccc(N(c3ccc4ccccc4c3)c3ccc4ccccc4c3)cc2)cc1. The van der Waals surface area contributed by atoms with Crippen molar-refractivity contribution in [3.05, 3.63) is 133 Å². The fourth-order valence-electron chi connectivity index (χ4n) is 4.56. The van der Waals surface area contributed by atoms with E-state index in [9.17, 15) is 0 Å². The lowest BCUT2D eigenvalue weighted by Crippen LogP contribution is -2.09. The number of benzene rings is 6. The lowest BCUT2D eigenvalue weighted by Gasteiger charge is -2.26. The first-order valence-corrected chi connectivity index (χ1v) is 11.5. The monoisotopic (exact) mass is 436 g/mol. The minimum absolute atomic E-state index is 0.777. The summed E-state index contributed by atoms with van der Waals surface area (Å²) in [6, 6.07) is 47.1. The van der Waals surface area contributed by atoms with Crippen LogP contribution in [0.15, 0.2) is 133 Å². The van der Waals surface area contributed by atoms with Crippen LogP contribution in [0.5, 0.6) is 0 Å². The van der Waals surface area contributed by atoms with Crippen molar-refractivity contribution in [3.8, 4) is 11.1 Å². The average molecular weight is 437 g/mol. The zero-order valence-electron chi connectivity index (χ0n) is 18.7. The summed E-state index contributed by atoms with van der Waals surface area (Å²) in [6.07, 6.45) is 0. The van der Waals surface area contributed by atoms with E-state index in [2.05, 4.69) is 126 Å². The van der Waals surface area contributed by atoms with E-state index in [4.69, 9.17) is 5.73 Å². The molecule has 0 saturated heterocycles. The van der Waals surface area contributed by atoms with Gasteiger partial charge in [-0.05, 0) is 81.2 Å². The van der Waals surface area contributed by atoms with Crippen LogP contribution in [-0.4, -0.2) is 0 Å². The highest BCUT2D eigenvalue weighted by Gasteiger charge is 2.14. The first kappa shape index (κ1) is 20.1. The van der Waals surface area contributed by atoms with Gasteiger partial charge in [-0.2, -0.15) is 0 Å². The number of rotatable bonds is 4. The van der Waals surface area contributed by atoms with Gasteiger partial charge < -0.3 is 10.6 Å². The molecule has 0 atom stereocenters. The van der Waals surface area contributed by atoms with Crippen LogP contribution in [-0.2, 0) is 0 Å². The van der Waals surface area contributed by atoms with Crippen molar-refractivity contribution >= 4 is 44.3 Å². The largest absolute Gasteiger partial charge is 0.399 e. The zero-order chi connectivity index (χ0) is 22.9. The molecule has 0 saturated carbocycles. The van der Waals surface area contributed by atoms with E-state index in [1.54, 1.807) is 0 Å². The number of anilines is 4. The van der Waals surface area contributed by atoms with Crippen LogP contribution in [0.25, 0.3) is 32.7 Å². The molecular weight excluding hydrogens is 412 g/mol. The summed E-state index contributed by atoms with van der Waals surface area (Å²) in [5, 5.41) is 4.93. The van der Waals surface area contributed by atoms with Gasteiger partial charge in [0, 0.05) is 22.7 Å².